The van der Waals surface area contributed by atoms with E-state index in [0.29, 0.717) is 5.92 Å². The second-order valence-electron chi connectivity index (χ2n) is 7.19. The number of aliphatic hydroxyl groups excluding tert-OH is 3. The molecular weight excluding hydrogens is 380 g/mol. The van der Waals surface area contributed by atoms with Gasteiger partial charge in [-0.25, -0.2) is 0 Å². The molecule has 5 N–H and O–H groups in total. The van der Waals surface area contributed by atoms with Crippen molar-refractivity contribution in [3.63, 3.8) is 0 Å². The minimum atomic E-state index is -1.36. The Hall–Kier alpha value is -0.0900. The van der Waals surface area contributed by atoms with Crippen molar-refractivity contribution in [3.05, 3.63) is 0 Å². The molecule has 2 aliphatic heterocycles. The maximum Gasteiger partial charge on any atom is 0.237 e. The van der Waals surface area contributed by atoms with Crippen LogP contribution < -0.4 is 10.6 Å². The van der Waals surface area contributed by atoms with E-state index in [2.05, 4.69) is 17.6 Å². The van der Waals surface area contributed by atoms with Gasteiger partial charge in [0.15, 0.2) is 0 Å². The van der Waals surface area contributed by atoms with Gasteiger partial charge in [-0.1, -0.05) is 13.3 Å². The fourth-order valence-electron chi connectivity index (χ4n) is 3.66. The number of hydrogen-bond acceptors (Lipinski definition) is 7. The summed E-state index contributed by atoms with van der Waals surface area (Å²) in [5, 5.41) is 36.1. The lowest BCUT2D eigenvalue weighted by Gasteiger charge is -2.44. The van der Waals surface area contributed by atoms with Gasteiger partial charge in [0.05, 0.1) is 17.5 Å². The van der Waals surface area contributed by atoms with Crippen LogP contribution in [0.4, 0.5) is 0 Å². The molecule has 2 heterocycles. The fraction of sp³-hybridized carbons (Fsp3) is 0.941. The molecule has 152 valence electrons. The topological polar surface area (TPSA) is 111 Å². The van der Waals surface area contributed by atoms with Crippen LogP contribution in [0.5, 0.6) is 0 Å². The number of hydrogen-bond donors (Lipinski definition) is 5. The Kier molecular flexibility index (Phi) is 8.46. The number of thioether (sulfide) groups is 1. The summed E-state index contributed by atoms with van der Waals surface area (Å²) in [6.07, 6.45) is -0.236. The Morgan fingerprint density at radius 2 is 2.04 bits per heavy atom. The third-order valence-corrected chi connectivity index (χ3v) is 6.53. The molecule has 2 aliphatic rings. The number of alkyl halides is 1. The molecule has 0 saturated carbocycles. The molecule has 2 rings (SSSR count). The van der Waals surface area contributed by atoms with Crippen LogP contribution in [0.1, 0.15) is 33.1 Å². The molecular formula is C17H31ClN2O5S. The van der Waals surface area contributed by atoms with Crippen LogP contribution in [-0.4, -0.2) is 81.3 Å². The maximum absolute atomic E-state index is 12.7. The first-order chi connectivity index (χ1) is 12.3. The van der Waals surface area contributed by atoms with Crippen molar-refractivity contribution in [2.45, 2.75) is 80.4 Å². The van der Waals surface area contributed by atoms with Crippen LogP contribution in [0.2, 0.25) is 0 Å². The number of aliphatic hydroxyl groups is 3. The second-order valence-corrected chi connectivity index (χ2v) is 8.82. The van der Waals surface area contributed by atoms with E-state index in [4.69, 9.17) is 16.3 Å². The first kappa shape index (κ1) is 22.2. The molecule has 0 bridgehead atoms. The van der Waals surface area contributed by atoms with Crippen LogP contribution in [0.15, 0.2) is 0 Å². The van der Waals surface area contributed by atoms with Crippen molar-refractivity contribution in [1.29, 1.82) is 0 Å². The Morgan fingerprint density at radius 3 is 2.62 bits per heavy atom. The van der Waals surface area contributed by atoms with E-state index in [9.17, 15) is 20.1 Å². The third-order valence-electron chi connectivity index (χ3n) is 5.40. The highest BCUT2D eigenvalue weighted by molar-refractivity contribution is 7.99. The molecule has 0 spiro atoms. The third kappa shape index (κ3) is 5.04. The standard InChI is InChI=1S/C17H31ClN2O5S/c1-4-9-5-6-19-10(7-9)16(24)20-11(8(2)18)15-13(22)12(21)14(23)17(25-15)26-3/h8-15,17,19,21-23H,4-7H2,1-3H3,(H,20,24)/t8?,9-,10+,11-,12+,13-,14-,15-,17-/m1/s1. The summed E-state index contributed by atoms with van der Waals surface area (Å²) in [5.41, 5.74) is -0.703. The molecule has 7 nitrogen and oxygen atoms in total. The Labute approximate surface area is 164 Å². The quantitative estimate of drug-likeness (QED) is 0.393. The van der Waals surface area contributed by atoms with Crippen LogP contribution in [0.25, 0.3) is 0 Å². The van der Waals surface area contributed by atoms with Crippen LogP contribution >= 0.6 is 23.4 Å². The number of piperidine rings is 1. The minimum Gasteiger partial charge on any atom is -0.388 e. The molecule has 0 aromatic carbocycles. The molecule has 1 amide bonds. The van der Waals surface area contributed by atoms with Crippen molar-refractivity contribution in [3.8, 4) is 0 Å². The highest BCUT2D eigenvalue weighted by Gasteiger charge is 2.48. The molecule has 0 radical (unpaired) electrons. The smallest absolute Gasteiger partial charge is 0.237 e. The number of carbonyl (C=O) groups is 1. The molecule has 9 heteroatoms. The summed E-state index contributed by atoms with van der Waals surface area (Å²) in [7, 11) is 0. The Balaban J connectivity index is 2.09. The van der Waals surface area contributed by atoms with E-state index >= 15 is 0 Å². The average Bonchev–Trinajstić information content (AvgIpc) is 2.64. The van der Waals surface area contributed by atoms with Crippen LogP contribution in [0.3, 0.4) is 0 Å². The van der Waals surface area contributed by atoms with E-state index in [0.717, 1.165) is 25.8 Å². The second kappa shape index (κ2) is 9.91. The molecule has 9 atom stereocenters. The normalized spacial score (nSPS) is 40.7. The zero-order chi connectivity index (χ0) is 19.4. The number of amides is 1. The van der Waals surface area contributed by atoms with Gasteiger partial charge in [-0.05, 0) is 38.5 Å². The number of nitrogens with one attached hydrogen (secondary N) is 2. The van der Waals surface area contributed by atoms with E-state index in [-0.39, 0.29) is 11.9 Å². The highest BCUT2D eigenvalue weighted by Crippen LogP contribution is 2.30. The Bertz CT molecular complexity index is 470. The zero-order valence-corrected chi connectivity index (χ0v) is 17.0. The summed E-state index contributed by atoms with van der Waals surface area (Å²) >= 11 is 7.51. The molecule has 2 saturated heterocycles. The summed E-state index contributed by atoms with van der Waals surface area (Å²) < 4.78 is 5.77. The van der Waals surface area contributed by atoms with Crippen LogP contribution in [-0.2, 0) is 9.53 Å². The van der Waals surface area contributed by atoms with E-state index in [1.807, 2.05) is 0 Å². The first-order valence-electron chi connectivity index (χ1n) is 9.20. The largest absolute Gasteiger partial charge is 0.388 e. The molecule has 0 aliphatic carbocycles. The molecule has 2 fully saturated rings. The minimum absolute atomic E-state index is 0.183. The van der Waals surface area contributed by atoms with Gasteiger partial charge in [0, 0.05) is 0 Å². The predicted molar refractivity (Wildman–Crippen MR) is 102 cm³/mol. The lowest BCUT2D eigenvalue weighted by Crippen LogP contribution is -2.65. The molecule has 1 unspecified atom stereocenters. The molecule has 0 aromatic heterocycles. The average molecular weight is 411 g/mol. The lowest BCUT2D eigenvalue weighted by atomic mass is 9.89. The van der Waals surface area contributed by atoms with Gasteiger partial charge in [-0.3, -0.25) is 4.79 Å². The van der Waals surface area contributed by atoms with Gasteiger partial charge >= 0.3 is 0 Å². The molecule has 0 aromatic rings. The summed E-state index contributed by atoms with van der Waals surface area (Å²) in [6, 6.07) is -1.00. The van der Waals surface area contributed by atoms with Crippen molar-refractivity contribution in [1.82, 2.24) is 10.6 Å². The van der Waals surface area contributed by atoms with E-state index < -0.39 is 41.3 Å². The lowest BCUT2D eigenvalue weighted by molar-refractivity contribution is -0.205. The summed E-state index contributed by atoms with van der Waals surface area (Å²) in [4.78, 5) is 12.7. The summed E-state index contributed by atoms with van der Waals surface area (Å²) in [6.45, 7) is 4.62. The zero-order valence-electron chi connectivity index (χ0n) is 15.5. The van der Waals surface area contributed by atoms with Crippen molar-refractivity contribution >= 4 is 29.3 Å². The number of rotatable bonds is 6. The Morgan fingerprint density at radius 1 is 1.35 bits per heavy atom. The number of ether oxygens (including phenoxy) is 1. The molecule has 26 heavy (non-hydrogen) atoms. The highest BCUT2D eigenvalue weighted by atomic mass is 35.5. The van der Waals surface area contributed by atoms with Crippen molar-refractivity contribution in [2.75, 3.05) is 12.8 Å². The van der Waals surface area contributed by atoms with Gasteiger partial charge in [-0.15, -0.1) is 23.4 Å². The van der Waals surface area contributed by atoms with Crippen molar-refractivity contribution < 1.29 is 24.9 Å². The van der Waals surface area contributed by atoms with E-state index in [1.54, 1.807) is 13.2 Å². The number of carbonyl (C=O) groups excluding carboxylic acids is 1. The number of halogens is 1. The maximum atomic E-state index is 12.7. The summed E-state index contributed by atoms with van der Waals surface area (Å²) in [5.74, 6) is 0.325. The van der Waals surface area contributed by atoms with Gasteiger partial charge in [0.2, 0.25) is 5.91 Å². The van der Waals surface area contributed by atoms with Crippen molar-refractivity contribution in [2.24, 2.45) is 5.92 Å². The first-order valence-corrected chi connectivity index (χ1v) is 10.9. The monoisotopic (exact) mass is 410 g/mol. The van der Waals surface area contributed by atoms with Gasteiger partial charge in [0.25, 0.3) is 0 Å². The fourth-order valence-corrected chi connectivity index (χ4v) is 4.54. The van der Waals surface area contributed by atoms with Gasteiger partial charge < -0.3 is 30.7 Å². The predicted octanol–water partition coefficient (Wildman–Crippen LogP) is 0.0473. The van der Waals surface area contributed by atoms with Crippen LogP contribution in [0, 0.1) is 5.92 Å². The SMILES string of the molecule is CC[C@@H]1CCN[C@H](C(=O)N[C@H](C(C)Cl)[C@H]2O[C@H](SC)[C@H](O)[C@@H](O)[C@H]2O)C1. The van der Waals surface area contributed by atoms with Gasteiger partial charge in [0.1, 0.15) is 29.9 Å². The van der Waals surface area contributed by atoms with E-state index in [1.165, 1.54) is 11.8 Å². The van der Waals surface area contributed by atoms with Gasteiger partial charge in [-0.2, -0.15) is 0 Å².